The number of amides is 2. The van der Waals surface area contributed by atoms with E-state index in [2.05, 4.69) is 5.32 Å². The Hall–Kier alpha value is -4.38. The summed E-state index contributed by atoms with van der Waals surface area (Å²) in [6.07, 6.45) is 1.30. The molecule has 0 saturated carbocycles. The molecule has 4 aromatic rings. The standard InChI is InChI=1S/C31H32F2N6O3/c1-19-15-23-21(28(34)41)9-5-11-24(23)39(19)30-36-27-22(29(37-30)35-16-20-7-3-2-4-8-20)10-6-12-25(27)42-17-26(40)38-14-13-31(32,33)18-38/h2-5,7-9,11,15,25H,6,10,12-14,16-18H2,1H3,(H2,34,41)(H,35,36,37)/t25-/m0/s1. The number of nitrogens with zero attached hydrogens (tertiary/aromatic N) is 4. The van der Waals surface area contributed by atoms with E-state index in [4.69, 9.17) is 20.4 Å². The van der Waals surface area contributed by atoms with E-state index in [-0.39, 0.29) is 19.6 Å². The Morgan fingerprint density at radius 3 is 2.69 bits per heavy atom. The zero-order chi connectivity index (χ0) is 29.4. The summed E-state index contributed by atoms with van der Waals surface area (Å²) < 4.78 is 35.3. The second kappa shape index (κ2) is 11.1. The number of carbonyl (C=O) groups excluding carboxylic acids is 2. The van der Waals surface area contributed by atoms with Gasteiger partial charge in [0.2, 0.25) is 17.8 Å². The highest BCUT2D eigenvalue weighted by Gasteiger charge is 2.40. The maximum atomic E-state index is 13.7. The lowest BCUT2D eigenvalue weighted by molar-refractivity contribution is -0.139. The first-order valence-electron chi connectivity index (χ1n) is 14.1. The first-order chi connectivity index (χ1) is 20.2. The molecule has 11 heteroatoms. The largest absolute Gasteiger partial charge is 0.366 e. The van der Waals surface area contributed by atoms with Crippen molar-refractivity contribution in [1.29, 1.82) is 0 Å². The van der Waals surface area contributed by atoms with Gasteiger partial charge in [-0.3, -0.25) is 14.2 Å². The molecule has 3 heterocycles. The second-order valence-corrected chi connectivity index (χ2v) is 10.9. The van der Waals surface area contributed by atoms with E-state index in [1.807, 2.05) is 54.0 Å². The number of rotatable bonds is 8. The fourth-order valence-electron chi connectivity index (χ4n) is 5.85. The van der Waals surface area contributed by atoms with Crippen molar-refractivity contribution in [2.24, 2.45) is 5.73 Å². The highest BCUT2D eigenvalue weighted by Crippen LogP contribution is 2.37. The van der Waals surface area contributed by atoms with Crippen LogP contribution in [0.4, 0.5) is 14.6 Å². The number of nitrogens with one attached hydrogen (secondary N) is 1. The van der Waals surface area contributed by atoms with Crippen molar-refractivity contribution in [3.05, 3.63) is 82.7 Å². The zero-order valence-corrected chi connectivity index (χ0v) is 23.3. The van der Waals surface area contributed by atoms with Crippen LogP contribution in [0.3, 0.4) is 0 Å². The molecule has 3 N–H and O–H groups in total. The number of hydrogen-bond acceptors (Lipinski definition) is 6. The van der Waals surface area contributed by atoms with Gasteiger partial charge in [-0.2, -0.15) is 4.98 Å². The molecule has 2 aromatic carbocycles. The van der Waals surface area contributed by atoms with E-state index >= 15 is 0 Å². The number of likely N-dealkylation sites (tertiary alicyclic amines) is 1. The molecule has 1 atom stereocenters. The van der Waals surface area contributed by atoms with Crippen molar-refractivity contribution in [3.63, 3.8) is 0 Å². The molecule has 218 valence electrons. The predicted octanol–water partition coefficient (Wildman–Crippen LogP) is 4.70. The van der Waals surface area contributed by atoms with Gasteiger partial charge in [0.05, 0.1) is 17.8 Å². The molecule has 1 aliphatic carbocycles. The number of carbonyl (C=O) groups is 2. The molecule has 2 aromatic heterocycles. The fourth-order valence-corrected chi connectivity index (χ4v) is 5.85. The Balaban J connectivity index is 1.38. The third kappa shape index (κ3) is 5.44. The van der Waals surface area contributed by atoms with Crippen molar-refractivity contribution < 1.29 is 23.1 Å². The summed E-state index contributed by atoms with van der Waals surface area (Å²) in [5.74, 6) is -2.80. The van der Waals surface area contributed by atoms with Crippen molar-refractivity contribution in [3.8, 4) is 5.95 Å². The van der Waals surface area contributed by atoms with E-state index in [0.29, 0.717) is 41.4 Å². The average molecular weight is 575 g/mol. The molecule has 1 aliphatic heterocycles. The number of benzene rings is 2. The van der Waals surface area contributed by atoms with Gasteiger partial charge in [0.25, 0.3) is 5.92 Å². The minimum atomic E-state index is -2.86. The summed E-state index contributed by atoms with van der Waals surface area (Å²) in [4.78, 5) is 35.9. The van der Waals surface area contributed by atoms with Crippen LogP contribution >= 0.6 is 0 Å². The summed E-state index contributed by atoms with van der Waals surface area (Å²) in [5, 5.41) is 4.17. The monoisotopic (exact) mass is 574 g/mol. The summed E-state index contributed by atoms with van der Waals surface area (Å²) >= 11 is 0. The highest BCUT2D eigenvalue weighted by molar-refractivity contribution is 6.06. The molecule has 1 fully saturated rings. The number of aromatic nitrogens is 3. The Kier molecular flexibility index (Phi) is 7.36. The van der Waals surface area contributed by atoms with Gasteiger partial charge in [0.1, 0.15) is 18.5 Å². The summed E-state index contributed by atoms with van der Waals surface area (Å²) in [7, 11) is 0. The summed E-state index contributed by atoms with van der Waals surface area (Å²) in [6.45, 7) is 1.57. The van der Waals surface area contributed by atoms with Gasteiger partial charge in [-0.05, 0) is 49.9 Å². The molecular formula is C31H32F2N6O3. The van der Waals surface area contributed by atoms with Crippen LogP contribution in [0.2, 0.25) is 0 Å². The first-order valence-corrected chi connectivity index (χ1v) is 14.1. The Morgan fingerprint density at radius 1 is 1.14 bits per heavy atom. The third-order valence-corrected chi connectivity index (χ3v) is 7.95. The van der Waals surface area contributed by atoms with E-state index in [0.717, 1.165) is 40.1 Å². The fraction of sp³-hybridized carbons (Fsp3) is 0.355. The lowest BCUT2D eigenvalue weighted by atomic mass is 9.93. The van der Waals surface area contributed by atoms with Crippen LogP contribution in [0.5, 0.6) is 0 Å². The molecule has 0 radical (unpaired) electrons. The minimum Gasteiger partial charge on any atom is -0.366 e. The molecule has 1 saturated heterocycles. The number of alkyl halides is 2. The zero-order valence-electron chi connectivity index (χ0n) is 23.3. The lowest BCUT2D eigenvalue weighted by Crippen LogP contribution is -2.34. The van der Waals surface area contributed by atoms with Gasteiger partial charge in [-0.1, -0.05) is 36.4 Å². The molecule has 2 amide bonds. The van der Waals surface area contributed by atoms with Gasteiger partial charge in [0, 0.05) is 41.7 Å². The SMILES string of the molecule is Cc1cc2c(C(N)=O)cccc2n1-c1nc(NCc2ccccc2)c2c(n1)[C@@H](OCC(=O)N1CCC(F)(F)C1)CCC2. The van der Waals surface area contributed by atoms with Gasteiger partial charge in [-0.25, -0.2) is 13.8 Å². The number of primary amides is 1. The Bertz CT molecular complexity index is 1660. The number of nitrogens with two attached hydrogens (primary N) is 1. The molecule has 0 unspecified atom stereocenters. The van der Waals surface area contributed by atoms with E-state index in [1.54, 1.807) is 12.1 Å². The highest BCUT2D eigenvalue weighted by atomic mass is 19.3. The van der Waals surface area contributed by atoms with Crippen LogP contribution in [0.1, 0.15) is 58.2 Å². The van der Waals surface area contributed by atoms with Crippen LogP contribution in [0, 0.1) is 6.92 Å². The number of hydrogen-bond donors (Lipinski definition) is 2. The van der Waals surface area contributed by atoms with Crippen LogP contribution in [-0.4, -0.2) is 56.9 Å². The lowest BCUT2D eigenvalue weighted by Gasteiger charge is -2.28. The summed E-state index contributed by atoms with van der Waals surface area (Å²) in [5.41, 5.74) is 10.2. The number of ether oxygens (including phenoxy) is 1. The smallest absolute Gasteiger partial charge is 0.267 e. The van der Waals surface area contributed by atoms with Gasteiger partial charge >= 0.3 is 0 Å². The quantitative estimate of drug-likeness (QED) is 0.315. The third-order valence-electron chi connectivity index (χ3n) is 7.95. The first kappa shape index (κ1) is 27.8. The van der Waals surface area contributed by atoms with E-state index in [1.165, 1.54) is 0 Å². The van der Waals surface area contributed by atoms with Crippen LogP contribution in [0.25, 0.3) is 16.9 Å². The van der Waals surface area contributed by atoms with Crippen LogP contribution in [0.15, 0.2) is 54.6 Å². The molecule has 0 bridgehead atoms. The normalized spacial score (nSPS) is 17.8. The summed E-state index contributed by atoms with van der Waals surface area (Å²) in [6, 6.07) is 17.2. The van der Waals surface area contributed by atoms with Crippen LogP contribution in [-0.2, 0) is 22.5 Å². The number of anilines is 1. The Labute approximate surface area is 241 Å². The number of aryl methyl sites for hydroxylation is 1. The van der Waals surface area contributed by atoms with Crippen molar-refractivity contribution >= 4 is 28.5 Å². The van der Waals surface area contributed by atoms with Crippen molar-refractivity contribution in [2.75, 3.05) is 25.0 Å². The van der Waals surface area contributed by atoms with E-state index in [9.17, 15) is 18.4 Å². The van der Waals surface area contributed by atoms with E-state index < -0.39 is 30.4 Å². The van der Waals surface area contributed by atoms with Gasteiger partial charge < -0.3 is 20.7 Å². The van der Waals surface area contributed by atoms with Crippen LogP contribution < -0.4 is 11.1 Å². The second-order valence-electron chi connectivity index (χ2n) is 10.9. The molecule has 2 aliphatic rings. The van der Waals surface area contributed by atoms with Gasteiger partial charge in [0.15, 0.2) is 0 Å². The molecule has 0 spiro atoms. The molecule has 42 heavy (non-hydrogen) atoms. The van der Waals surface area contributed by atoms with Gasteiger partial charge in [-0.15, -0.1) is 0 Å². The molecule has 6 rings (SSSR count). The number of fused-ring (bicyclic) bond motifs is 2. The minimum absolute atomic E-state index is 0.0175. The maximum Gasteiger partial charge on any atom is 0.267 e. The maximum absolute atomic E-state index is 13.7. The number of halogens is 2. The average Bonchev–Trinajstić information content (AvgIpc) is 3.52. The Morgan fingerprint density at radius 2 is 1.95 bits per heavy atom. The van der Waals surface area contributed by atoms with Crippen molar-refractivity contribution in [1.82, 2.24) is 19.4 Å². The predicted molar refractivity (Wildman–Crippen MR) is 154 cm³/mol. The van der Waals surface area contributed by atoms with Crippen molar-refractivity contribution in [2.45, 2.75) is 51.2 Å². The topological polar surface area (TPSA) is 115 Å². The molecule has 9 nitrogen and oxygen atoms in total. The molecular weight excluding hydrogens is 542 g/mol.